The molecule has 2 aliphatic heterocycles. The highest BCUT2D eigenvalue weighted by atomic mass is 15.2. The van der Waals surface area contributed by atoms with Crippen LogP contribution in [0, 0.1) is 6.92 Å². The highest BCUT2D eigenvalue weighted by Gasteiger charge is 2.25. The van der Waals surface area contributed by atoms with E-state index in [4.69, 9.17) is 0 Å². The number of likely N-dealkylation sites (tertiary alicyclic amines) is 2. The summed E-state index contributed by atoms with van der Waals surface area (Å²) in [4.78, 5) is 13.0. The van der Waals surface area contributed by atoms with Crippen molar-refractivity contribution in [1.29, 1.82) is 0 Å². The predicted octanol–water partition coefficient (Wildman–Crippen LogP) is 7.85. The predicted molar refractivity (Wildman–Crippen MR) is 153 cm³/mol. The molecule has 1 aromatic heterocycles. The second kappa shape index (κ2) is 22.5. The fourth-order valence-electron chi connectivity index (χ4n) is 4.05. The minimum atomic E-state index is 0. The molecule has 191 valence electrons. The second-order valence-electron chi connectivity index (χ2n) is 7.47. The van der Waals surface area contributed by atoms with Crippen LogP contribution in [-0.4, -0.2) is 61.4 Å². The van der Waals surface area contributed by atoms with Crippen LogP contribution in [0.2, 0.25) is 0 Å². The molecule has 0 aliphatic carbocycles. The first-order valence-electron chi connectivity index (χ1n) is 13.4. The fourth-order valence-corrected chi connectivity index (χ4v) is 4.05. The van der Waals surface area contributed by atoms with Gasteiger partial charge in [-0.15, -0.1) is 0 Å². The van der Waals surface area contributed by atoms with E-state index in [9.17, 15) is 0 Å². The van der Waals surface area contributed by atoms with Gasteiger partial charge in [-0.1, -0.05) is 68.4 Å². The Morgan fingerprint density at radius 3 is 1.85 bits per heavy atom. The molecule has 0 saturated carbocycles. The highest BCUT2D eigenvalue weighted by molar-refractivity contribution is 5.76. The van der Waals surface area contributed by atoms with Gasteiger partial charge in [0.25, 0.3) is 0 Å². The second-order valence-corrected chi connectivity index (χ2v) is 7.47. The van der Waals surface area contributed by atoms with Gasteiger partial charge in [-0.3, -0.25) is 4.90 Å². The number of aromatic nitrogens is 2. The summed E-state index contributed by atoms with van der Waals surface area (Å²) in [5, 5.41) is 0. The highest BCUT2D eigenvalue weighted by Crippen LogP contribution is 2.29. The van der Waals surface area contributed by atoms with Gasteiger partial charge >= 0.3 is 0 Å². The molecule has 0 spiro atoms. The average molecular weight is 460 g/mol. The number of aromatic amines is 1. The smallest absolute Gasteiger partial charge is 0.124 e. The molecule has 2 fully saturated rings. The third-order valence-corrected chi connectivity index (χ3v) is 5.63. The molecule has 1 aromatic carbocycles. The number of benzene rings is 1. The summed E-state index contributed by atoms with van der Waals surface area (Å²) in [7, 11) is 4.40. The van der Waals surface area contributed by atoms with Gasteiger partial charge in [0.1, 0.15) is 5.82 Å². The molecule has 2 saturated heterocycles. The SMILES string of the molecule is CC.CC.CC.CC.CCC1CCCN1C.Cc1ccc2nc(C3CCCN3C)[nH]c2c1.[B]. The van der Waals surface area contributed by atoms with Crippen molar-refractivity contribution < 1.29 is 0 Å². The minimum Gasteiger partial charge on any atom is -0.341 e. The zero-order valence-electron chi connectivity index (χ0n) is 24.3. The summed E-state index contributed by atoms with van der Waals surface area (Å²) in [5.74, 6) is 1.13. The Balaban J connectivity index is -0.000000452. The molecular formula is C28H56BN4. The average Bonchev–Trinajstić information content (AvgIpc) is 3.58. The topological polar surface area (TPSA) is 35.2 Å². The summed E-state index contributed by atoms with van der Waals surface area (Å²) in [6.07, 6.45) is 6.66. The van der Waals surface area contributed by atoms with Gasteiger partial charge in [0.2, 0.25) is 0 Å². The molecule has 2 aromatic rings. The fraction of sp³-hybridized carbons (Fsp3) is 0.750. The van der Waals surface area contributed by atoms with Crippen molar-refractivity contribution in [1.82, 2.24) is 19.8 Å². The van der Waals surface area contributed by atoms with E-state index in [0.717, 1.165) is 22.9 Å². The maximum Gasteiger partial charge on any atom is 0.124 e. The number of fused-ring (bicyclic) bond motifs is 1. The van der Waals surface area contributed by atoms with E-state index in [1.807, 2.05) is 55.4 Å². The minimum absolute atomic E-state index is 0. The van der Waals surface area contributed by atoms with Crippen LogP contribution in [0.5, 0.6) is 0 Å². The first-order chi connectivity index (χ1) is 15.6. The van der Waals surface area contributed by atoms with Gasteiger partial charge in [0.15, 0.2) is 0 Å². The number of nitrogens with one attached hydrogen (secondary N) is 1. The molecule has 5 heteroatoms. The first-order valence-corrected chi connectivity index (χ1v) is 13.4. The molecule has 4 rings (SSSR count). The van der Waals surface area contributed by atoms with E-state index >= 15 is 0 Å². The van der Waals surface area contributed by atoms with Crippen LogP contribution in [0.15, 0.2) is 18.2 Å². The Hall–Kier alpha value is -1.33. The number of rotatable bonds is 2. The normalized spacial score (nSPS) is 19.0. The Morgan fingerprint density at radius 1 is 0.879 bits per heavy atom. The first kappa shape index (κ1) is 36.2. The Bertz CT molecular complexity index is 671. The quantitative estimate of drug-likeness (QED) is 0.464. The van der Waals surface area contributed by atoms with Crippen molar-refractivity contribution in [2.45, 2.75) is 113 Å². The van der Waals surface area contributed by atoms with E-state index < -0.39 is 0 Å². The maximum atomic E-state index is 4.69. The molecule has 0 bridgehead atoms. The molecule has 4 nitrogen and oxygen atoms in total. The number of H-pyrrole nitrogens is 1. The zero-order valence-corrected chi connectivity index (χ0v) is 24.3. The lowest BCUT2D eigenvalue weighted by molar-refractivity contribution is 0.304. The monoisotopic (exact) mass is 459 g/mol. The summed E-state index contributed by atoms with van der Waals surface area (Å²) in [6, 6.07) is 7.76. The largest absolute Gasteiger partial charge is 0.341 e. The third kappa shape index (κ3) is 12.1. The van der Waals surface area contributed by atoms with E-state index in [2.05, 4.69) is 65.9 Å². The van der Waals surface area contributed by atoms with Crippen molar-refractivity contribution in [3.05, 3.63) is 29.6 Å². The van der Waals surface area contributed by atoms with Crippen molar-refractivity contribution in [2.24, 2.45) is 0 Å². The van der Waals surface area contributed by atoms with Gasteiger partial charge in [-0.25, -0.2) is 4.98 Å². The van der Waals surface area contributed by atoms with E-state index in [-0.39, 0.29) is 8.41 Å². The van der Waals surface area contributed by atoms with Crippen molar-refractivity contribution in [2.75, 3.05) is 27.2 Å². The van der Waals surface area contributed by atoms with Crippen LogP contribution < -0.4 is 0 Å². The lowest BCUT2D eigenvalue weighted by Crippen LogP contribution is -2.23. The lowest BCUT2D eigenvalue weighted by Gasteiger charge is -2.16. The Labute approximate surface area is 209 Å². The van der Waals surface area contributed by atoms with Gasteiger partial charge in [0.05, 0.1) is 17.1 Å². The number of aryl methyl sites for hydroxylation is 1. The number of hydrogen-bond acceptors (Lipinski definition) is 3. The van der Waals surface area contributed by atoms with Gasteiger partial charge in [-0.2, -0.15) is 0 Å². The molecule has 2 atom stereocenters. The van der Waals surface area contributed by atoms with Gasteiger partial charge < -0.3 is 9.88 Å². The molecule has 0 amide bonds. The maximum absolute atomic E-state index is 4.69. The number of imidazole rings is 1. The standard InChI is InChI=1S/C13H17N3.C7H15N.4C2H6.B/c1-9-5-6-10-11(8-9)15-13(14-10)12-4-3-7-16(12)2;1-3-7-5-4-6-8(7)2;4*1-2;/h5-6,8,12H,3-4,7H2,1-2H3,(H,14,15);7H,3-6H2,1-2H3;4*1-2H3;. The molecule has 3 heterocycles. The molecular weight excluding hydrogens is 403 g/mol. The van der Waals surface area contributed by atoms with E-state index in [0.29, 0.717) is 6.04 Å². The Kier molecular flexibility index (Phi) is 24.7. The third-order valence-electron chi connectivity index (χ3n) is 5.63. The summed E-state index contributed by atoms with van der Waals surface area (Å²) >= 11 is 0. The molecule has 2 aliphatic rings. The summed E-state index contributed by atoms with van der Waals surface area (Å²) in [5.41, 5.74) is 3.53. The van der Waals surface area contributed by atoms with Crippen LogP contribution in [0.25, 0.3) is 11.0 Å². The molecule has 2 unspecified atom stereocenters. The van der Waals surface area contributed by atoms with Crippen LogP contribution >= 0.6 is 0 Å². The molecule has 33 heavy (non-hydrogen) atoms. The van der Waals surface area contributed by atoms with Crippen LogP contribution in [0.1, 0.15) is 112 Å². The summed E-state index contributed by atoms with van der Waals surface area (Å²) < 4.78 is 0. The summed E-state index contributed by atoms with van der Waals surface area (Å²) in [6.45, 7) is 22.9. The Morgan fingerprint density at radius 2 is 1.42 bits per heavy atom. The van der Waals surface area contributed by atoms with Gasteiger partial charge in [0, 0.05) is 14.5 Å². The van der Waals surface area contributed by atoms with Crippen LogP contribution in [0.4, 0.5) is 0 Å². The van der Waals surface area contributed by atoms with Crippen molar-refractivity contribution in [3.63, 3.8) is 0 Å². The van der Waals surface area contributed by atoms with Gasteiger partial charge in [-0.05, 0) is 83.9 Å². The van der Waals surface area contributed by atoms with E-state index in [1.165, 1.54) is 50.8 Å². The molecule has 3 radical (unpaired) electrons. The van der Waals surface area contributed by atoms with Crippen LogP contribution in [0.3, 0.4) is 0 Å². The number of nitrogens with zero attached hydrogens (tertiary/aromatic N) is 3. The van der Waals surface area contributed by atoms with Crippen molar-refractivity contribution >= 4 is 19.4 Å². The van der Waals surface area contributed by atoms with Crippen LogP contribution in [-0.2, 0) is 0 Å². The van der Waals surface area contributed by atoms with E-state index in [1.54, 1.807) is 0 Å². The lowest BCUT2D eigenvalue weighted by atomic mass is 10.2. The van der Waals surface area contributed by atoms with Crippen molar-refractivity contribution in [3.8, 4) is 0 Å². The molecule has 1 N–H and O–H groups in total. The number of hydrogen-bond donors (Lipinski definition) is 1. The zero-order chi connectivity index (χ0) is 25.1.